The first kappa shape index (κ1) is 15.7. The molecule has 0 unspecified atom stereocenters. The molecule has 19 heavy (non-hydrogen) atoms. The Hall–Kier alpha value is -1.39. The lowest BCUT2D eigenvalue weighted by molar-refractivity contribution is -0.957. The fourth-order valence-electron chi connectivity index (χ4n) is 2.31. The van der Waals surface area contributed by atoms with Crippen LogP contribution in [0.5, 0.6) is 0 Å². The van der Waals surface area contributed by atoms with E-state index in [0.717, 1.165) is 29.9 Å². The fraction of sp³-hybridized carbons (Fsp3) is 0.533. The van der Waals surface area contributed by atoms with Crippen LogP contribution in [0, 0.1) is 13.8 Å². The second-order valence-corrected chi connectivity index (χ2v) is 4.97. The molecule has 4 heteroatoms. The second-order valence-electron chi connectivity index (χ2n) is 4.97. The molecule has 0 aliphatic carbocycles. The molecule has 0 radical (unpaired) electrons. The van der Waals surface area contributed by atoms with E-state index in [4.69, 9.17) is 0 Å². The molecule has 2 N–H and O–H groups in total. The molecule has 0 bridgehead atoms. The van der Waals surface area contributed by atoms with E-state index in [1.165, 1.54) is 0 Å². The van der Waals surface area contributed by atoms with Gasteiger partial charge in [-0.15, -0.1) is 0 Å². The number of amides is 1. The summed E-state index contributed by atoms with van der Waals surface area (Å²) in [5, 5.41) is 3.04. The minimum absolute atomic E-state index is 0.0513. The standard InChI is InChI=1S/C15H25N3O/c1-6-18(7-2,16-5)11-14(19)17-15-12(3)9-8-10-13(15)4/h8-10,16H,6-7,11H2,1-5H3/p+1. The number of benzene rings is 1. The maximum atomic E-state index is 12.2. The van der Waals surface area contributed by atoms with Gasteiger partial charge in [-0.25, -0.2) is 4.59 Å². The van der Waals surface area contributed by atoms with Crippen molar-refractivity contribution in [3.8, 4) is 0 Å². The number of carbonyl (C=O) groups is 1. The zero-order chi connectivity index (χ0) is 14.5. The number of aryl methyl sites for hydroxylation is 2. The predicted octanol–water partition coefficient (Wildman–Crippen LogP) is 2.23. The minimum atomic E-state index is 0.0513. The Balaban J connectivity index is 2.81. The zero-order valence-electron chi connectivity index (χ0n) is 12.7. The number of nitrogens with zero attached hydrogens (tertiary/aromatic N) is 1. The van der Waals surface area contributed by atoms with Crippen LogP contribution >= 0.6 is 0 Å². The van der Waals surface area contributed by atoms with Gasteiger partial charge in [-0.1, -0.05) is 18.2 Å². The molecule has 0 spiro atoms. The predicted molar refractivity (Wildman–Crippen MR) is 79.8 cm³/mol. The minimum Gasteiger partial charge on any atom is -0.321 e. The van der Waals surface area contributed by atoms with Gasteiger partial charge in [-0.2, -0.15) is 5.43 Å². The van der Waals surface area contributed by atoms with Crippen LogP contribution in [0.15, 0.2) is 18.2 Å². The Morgan fingerprint density at radius 1 is 1.16 bits per heavy atom. The van der Waals surface area contributed by atoms with E-state index in [-0.39, 0.29) is 5.91 Å². The highest BCUT2D eigenvalue weighted by molar-refractivity contribution is 5.93. The highest BCUT2D eigenvalue weighted by Gasteiger charge is 2.25. The number of para-hydroxylation sites is 1. The highest BCUT2D eigenvalue weighted by Crippen LogP contribution is 2.19. The zero-order valence-corrected chi connectivity index (χ0v) is 12.7. The van der Waals surface area contributed by atoms with Crippen LogP contribution in [-0.4, -0.2) is 37.2 Å². The van der Waals surface area contributed by atoms with E-state index in [1.807, 2.05) is 39.1 Å². The van der Waals surface area contributed by atoms with E-state index >= 15 is 0 Å². The summed E-state index contributed by atoms with van der Waals surface area (Å²) < 4.78 is 0.594. The third-order valence-electron chi connectivity index (χ3n) is 3.88. The summed E-state index contributed by atoms with van der Waals surface area (Å²) in [7, 11) is 1.90. The summed E-state index contributed by atoms with van der Waals surface area (Å²) in [5.74, 6) is 0.0513. The van der Waals surface area contributed by atoms with Gasteiger partial charge in [0.05, 0.1) is 13.1 Å². The van der Waals surface area contributed by atoms with Crippen molar-refractivity contribution in [1.29, 1.82) is 0 Å². The van der Waals surface area contributed by atoms with Gasteiger partial charge in [-0.05, 0) is 38.8 Å². The van der Waals surface area contributed by atoms with E-state index in [2.05, 4.69) is 24.6 Å². The number of hydrogen-bond acceptors (Lipinski definition) is 2. The van der Waals surface area contributed by atoms with Crippen LogP contribution in [0.1, 0.15) is 25.0 Å². The van der Waals surface area contributed by atoms with Crippen molar-refractivity contribution >= 4 is 11.6 Å². The molecule has 0 aliphatic heterocycles. The van der Waals surface area contributed by atoms with Gasteiger partial charge >= 0.3 is 0 Å². The Morgan fingerprint density at radius 2 is 1.68 bits per heavy atom. The van der Waals surface area contributed by atoms with E-state index < -0.39 is 0 Å². The second kappa shape index (κ2) is 6.68. The number of anilines is 1. The Kier molecular flexibility index (Phi) is 5.51. The molecule has 4 nitrogen and oxygen atoms in total. The molecule has 0 saturated carbocycles. The van der Waals surface area contributed by atoms with Crippen LogP contribution in [0.2, 0.25) is 0 Å². The summed E-state index contributed by atoms with van der Waals surface area (Å²) in [6.07, 6.45) is 0. The first-order chi connectivity index (χ1) is 8.98. The van der Waals surface area contributed by atoms with Crippen molar-refractivity contribution in [1.82, 2.24) is 5.43 Å². The summed E-state index contributed by atoms with van der Waals surface area (Å²) in [6, 6.07) is 6.04. The van der Waals surface area contributed by atoms with Crippen LogP contribution < -0.4 is 10.7 Å². The number of likely N-dealkylation sites (N-methyl/N-ethyl adjacent to an activating group) is 1. The van der Waals surface area contributed by atoms with Crippen LogP contribution in [0.3, 0.4) is 0 Å². The van der Waals surface area contributed by atoms with Crippen molar-refractivity contribution in [2.45, 2.75) is 27.7 Å². The van der Waals surface area contributed by atoms with Gasteiger partial charge in [0.2, 0.25) is 0 Å². The topological polar surface area (TPSA) is 41.1 Å². The van der Waals surface area contributed by atoms with Crippen molar-refractivity contribution in [3.63, 3.8) is 0 Å². The van der Waals surface area contributed by atoms with Gasteiger partial charge in [0, 0.05) is 12.7 Å². The molecule has 1 amide bonds. The molecular formula is C15H26N3O+. The average Bonchev–Trinajstić information content (AvgIpc) is 2.41. The van der Waals surface area contributed by atoms with Crippen LogP contribution in [0.4, 0.5) is 5.69 Å². The van der Waals surface area contributed by atoms with Gasteiger partial charge in [0.15, 0.2) is 6.54 Å². The lowest BCUT2D eigenvalue weighted by Gasteiger charge is -2.34. The smallest absolute Gasteiger partial charge is 0.281 e. The van der Waals surface area contributed by atoms with E-state index in [1.54, 1.807) is 0 Å². The highest BCUT2D eigenvalue weighted by atomic mass is 16.2. The molecule has 0 atom stereocenters. The summed E-state index contributed by atoms with van der Waals surface area (Å²) in [5.41, 5.74) is 6.38. The number of rotatable bonds is 6. The van der Waals surface area contributed by atoms with E-state index in [9.17, 15) is 4.79 Å². The number of nitrogens with one attached hydrogen (secondary N) is 2. The van der Waals surface area contributed by atoms with Gasteiger partial charge in [0.1, 0.15) is 0 Å². The SMILES string of the molecule is CC[N+](CC)(CC(=O)Nc1c(C)cccc1C)NC. The van der Waals surface area contributed by atoms with Crippen molar-refractivity contribution in [2.75, 3.05) is 32.0 Å². The summed E-state index contributed by atoms with van der Waals surface area (Å²) in [4.78, 5) is 12.2. The van der Waals surface area contributed by atoms with Gasteiger partial charge in [-0.3, -0.25) is 4.79 Å². The molecule has 1 aromatic rings. The molecular weight excluding hydrogens is 238 g/mol. The van der Waals surface area contributed by atoms with Crippen molar-refractivity contribution in [2.24, 2.45) is 0 Å². The molecule has 0 aliphatic rings. The first-order valence-electron chi connectivity index (χ1n) is 6.89. The average molecular weight is 264 g/mol. The van der Waals surface area contributed by atoms with Crippen molar-refractivity contribution in [3.05, 3.63) is 29.3 Å². The van der Waals surface area contributed by atoms with Gasteiger partial charge in [0.25, 0.3) is 5.91 Å². The monoisotopic (exact) mass is 264 g/mol. The van der Waals surface area contributed by atoms with Crippen LogP contribution in [-0.2, 0) is 4.79 Å². The van der Waals surface area contributed by atoms with Crippen molar-refractivity contribution < 1.29 is 9.39 Å². The third kappa shape index (κ3) is 3.78. The Morgan fingerprint density at radius 3 is 2.11 bits per heavy atom. The molecule has 0 fully saturated rings. The number of quaternary nitrogens is 1. The molecule has 1 aromatic carbocycles. The maximum Gasteiger partial charge on any atom is 0.281 e. The Bertz CT molecular complexity index is 411. The molecule has 1 rings (SSSR count). The summed E-state index contributed by atoms with van der Waals surface area (Å²) in [6.45, 7) is 10.4. The maximum absolute atomic E-state index is 12.2. The van der Waals surface area contributed by atoms with E-state index in [0.29, 0.717) is 11.1 Å². The fourth-order valence-corrected chi connectivity index (χ4v) is 2.31. The molecule has 106 valence electrons. The lowest BCUT2D eigenvalue weighted by Crippen LogP contribution is -2.59. The third-order valence-corrected chi connectivity index (χ3v) is 3.88. The molecule has 0 aromatic heterocycles. The quantitative estimate of drug-likeness (QED) is 0.611. The Labute approximate surface area is 116 Å². The number of hydrogen-bond donors (Lipinski definition) is 2. The van der Waals surface area contributed by atoms with Crippen LogP contribution in [0.25, 0.3) is 0 Å². The largest absolute Gasteiger partial charge is 0.321 e. The summed E-state index contributed by atoms with van der Waals surface area (Å²) >= 11 is 0. The number of carbonyl (C=O) groups excluding carboxylic acids is 1. The lowest BCUT2D eigenvalue weighted by atomic mass is 10.1. The molecule has 0 saturated heterocycles. The molecule has 0 heterocycles. The normalized spacial score (nSPS) is 11.4. The van der Waals surface area contributed by atoms with Gasteiger partial charge < -0.3 is 5.32 Å². The first-order valence-corrected chi connectivity index (χ1v) is 6.89.